The van der Waals surface area contributed by atoms with Crippen LogP contribution in [0.5, 0.6) is 0 Å². The van der Waals surface area contributed by atoms with Crippen molar-refractivity contribution in [3.8, 4) is 158 Å². The van der Waals surface area contributed by atoms with E-state index in [0.717, 1.165) is 121 Å². The zero-order valence-corrected chi connectivity index (χ0v) is 70.6. The predicted molar refractivity (Wildman–Crippen MR) is 538 cm³/mol. The van der Waals surface area contributed by atoms with Crippen molar-refractivity contribution in [3.63, 3.8) is 0 Å². The van der Waals surface area contributed by atoms with E-state index in [0.29, 0.717) is 52.4 Å². The molecule has 0 atom stereocenters. The summed E-state index contributed by atoms with van der Waals surface area (Å²) in [6.07, 6.45) is 0. The van der Waals surface area contributed by atoms with Crippen LogP contribution in [0.15, 0.2) is 479 Å². The first-order valence-electron chi connectivity index (χ1n) is 43.7. The van der Waals surface area contributed by atoms with Crippen LogP contribution in [0.4, 0.5) is 0 Å². The molecule has 0 aliphatic rings. The van der Waals surface area contributed by atoms with Gasteiger partial charge >= 0.3 is 0 Å². The smallest absolute Gasteiger partial charge is 0.164 e. The predicted octanol–water partition coefficient (Wildman–Crippen LogP) is 31.0. The lowest BCUT2D eigenvalue weighted by atomic mass is 9.96. The van der Waals surface area contributed by atoms with Gasteiger partial charge in [-0.1, -0.05) is 406 Å². The molecule has 0 saturated carbocycles. The molecular weight excluding hydrogens is 1580 g/mol. The SMILES string of the molecule is c1cc(-c2ccc3ccccc3c2)cc(-c2nc(-c3ccc4ccccc4c3)nc(-c3ccc4ccccc4c3)n2)c1.c1ccc(-c2cc(-c3ccccc3)cc(-c3nc(-c4ccc5ccccc5c4)nc(-c4ccc5ccccc5c4)n3)c2)cc1.c1ccc(-c2cccc(-c3ccc(-c4nc(-c5ccc6ccccc6c5)nc(-c5ccc6ccccc6c5)n4)cc3)c2)cc1. The average molecular weight is 1660 g/mol. The number of benzene rings is 21. The molecule has 0 saturated heterocycles. The topological polar surface area (TPSA) is 116 Å². The highest BCUT2D eigenvalue weighted by atomic mass is 15.1. The summed E-state index contributed by atoms with van der Waals surface area (Å²) in [5.41, 5.74) is 20.1. The fraction of sp³-hybridized carbons (Fsp3) is 0. The van der Waals surface area contributed by atoms with Gasteiger partial charge in [-0.25, -0.2) is 44.9 Å². The largest absolute Gasteiger partial charge is 0.208 e. The van der Waals surface area contributed by atoms with E-state index in [9.17, 15) is 0 Å². The maximum absolute atomic E-state index is 5.12. The first-order chi connectivity index (χ1) is 64.3. The Morgan fingerprint density at radius 2 is 0.223 bits per heavy atom. The number of rotatable bonds is 14. The van der Waals surface area contributed by atoms with E-state index < -0.39 is 0 Å². The third-order valence-corrected chi connectivity index (χ3v) is 24.0. The normalized spacial score (nSPS) is 11.2. The van der Waals surface area contributed by atoms with Gasteiger partial charge in [0.15, 0.2) is 52.4 Å². The van der Waals surface area contributed by atoms with Crippen molar-refractivity contribution in [2.45, 2.75) is 0 Å². The minimum atomic E-state index is 0.640. The number of nitrogens with zero attached hydrogens (tertiary/aromatic N) is 9. The van der Waals surface area contributed by atoms with Gasteiger partial charge in [-0.05, 0) is 204 Å². The highest BCUT2D eigenvalue weighted by Gasteiger charge is 2.21. The average Bonchev–Trinajstić information content (AvgIpc) is 0.778. The summed E-state index contributed by atoms with van der Waals surface area (Å²) in [4.78, 5) is 45.4. The molecule has 130 heavy (non-hydrogen) atoms. The van der Waals surface area contributed by atoms with Gasteiger partial charge in [-0.3, -0.25) is 0 Å². The van der Waals surface area contributed by atoms with E-state index in [1.54, 1.807) is 0 Å². The van der Waals surface area contributed by atoms with Crippen molar-refractivity contribution in [2.24, 2.45) is 0 Å². The second-order valence-electron chi connectivity index (χ2n) is 32.5. The van der Waals surface area contributed by atoms with Crippen LogP contribution in [-0.2, 0) is 0 Å². The molecule has 0 bridgehead atoms. The Hall–Kier alpha value is -17.5. The third-order valence-electron chi connectivity index (χ3n) is 24.0. The molecule has 0 amide bonds. The molecule has 608 valence electrons. The van der Waals surface area contributed by atoms with E-state index in [-0.39, 0.29) is 0 Å². The molecule has 0 N–H and O–H groups in total. The molecule has 21 aromatic carbocycles. The van der Waals surface area contributed by atoms with Crippen molar-refractivity contribution in [1.82, 2.24) is 44.9 Å². The second-order valence-corrected chi connectivity index (χ2v) is 32.5. The van der Waals surface area contributed by atoms with Crippen LogP contribution >= 0.6 is 0 Å². The monoisotopic (exact) mass is 1660 g/mol. The molecule has 0 spiro atoms. The lowest BCUT2D eigenvalue weighted by molar-refractivity contribution is 1.07. The molecule has 24 rings (SSSR count). The highest BCUT2D eigenvalue weighted by molar-refractivity contribution is 5.95. The second kappa shape index (κ2) is 35.2. The van der Waals surface area contributed by atoms with Crippen molar-refractivity contribution >= 4 is 75.4 Å². The van der Waals surface area contributed by atoms with Crippen LogP contribution in [-0.4, -0.2) is 44.9 Å². The zero-order valence-electron chi connectivity index (χ0n) is 70.6. The van der Waals surface area contributed by atoms with Crippen LogP contribution < -0.4 is 0 Å². The Bertz CT molecular complexity index is 8020. The molecule has 9 heteroatoms. The Balaban J connectivity index is 0.000000114. The molecule has 3 aromatic heterocycles. The van der Waals surface area contributed by atoms with Crippen molar-refractivity contribution in [3.05, 3.63) is 479 Å². The summed E-state index contributed by atoms with van der Waals surface area (Å²) < 4.78 is 0. The molecular formula is C121H79N9. The molecule has 0 aliphatic heterocycles. The number of fused-ring (bicyclic) bond motifs is 7. The first kappa shape index (κ1) is 78.4. The zero-order chi connectivity index (χ0) is 86.5. The standard InChI is InChI=1S/2C41H27N3.C39H25N3/c1-3-11-28(12-4-1)36-25-37(29-13-5-2-6-14-29)27-38(26-36)41-43-39(34-21-19-30-15-7-9-17-32(30)23-34)42-40(44-41)35-22-20-31-16-8-10-18-33(31)24-35;1-2-9-28(10-3-1)35-15-8-16-36(25-35)31-17-21-32(22-18-31)39-42-40(37-23-19-29-11-4-6-13-33(29)26-37)44-41(43-39)38-24-20-30-12-5-7-14-34(30)27-38;1-4-11-29-22-33(19-16-26(29)8-1)32-14-7-15-34(25-32)37-40-38(35-20-17-27-9-2-5-12-30(27)23-35)42-39(41-37)36-21-18-28-10-3-6-13-31(28)24-36/h2*1-27H;1-25H. The van der Waals surface area contributed by atoms with Gasteiger partial charge in [0, 0.05) is 50.1 Å². The maximum atomic E-state index is 5.12. The molecule has 9 nitrogen and oxygen atoms in total. The minimum absolute atomic E-state index is 0.640. The summed E-state index contributed by atoms with van der Waals surface area (Å²) in [7, 11) is 0. The molecule has 0 aliphatic carbocycles. The van der Waals surface area contributed by atoms with Gasteiger partial charge in [0.25, 0.3) is 0 Å². The first-order valence-corrected chi connectivity index (χ1v) is 43.7. The number of hydrogen-bond acceptors (Lipinski definition) is 9. The Kier molecular flexibility index (Phi) is 21.3. The fourth-order valence-corrected chi connectivity index (χ4v) is 17.1. The summed E-state index contributed by atoms with van der Waals surface area (Å²) >= 11 is 0. The lowest BCUT2D eigenvalue weighted by Crippen LogP contribution is -2.00. The van der Waals surface area contributed by atoms with E-state index in [2.05, 4.69) is 461 Å². The van der Waals surface area contributed by atoms with Crippen molar-refractivity contribution < 1.29 is 0 Å². The Labute approximate surface area is 752 Å². The van der Waals surface area contributed by atoms with Gasteiger partial charge in [-0.15, -0.1) is 0 Å². The molecule has 0 fully saturated rings. The third kappa shape index (κ3) is 16.8. The van der Waals surface area contributed by atoms with E-state index >= 15 is 0 Å². The molecule has 0 unspecified atom stereocenters. The lowest BCUT2D eigenvalue weighted by Gasteiger charge is -2.13. The summed E-state index contributed by atoms with van der Waals surface area (Å²) in [6, 6.07) is 167. The van der Waals surface area contributed by atoms with Crippen LogP contribution in [0.1, 0.15) is 0 Å². The Morgan fingerprint density at radius 3 is 0.508 bits per heavy atom. The Morgan fingerprint density at radius 1 is 0.0769 bits per heavy atom. The van der Waals surface area contributed by atoms with Gasteiger partial charge in [0.2, 0.25) is 0 Å². The molecule has 0 radical (unpaired) electrons. The van der Waals surface area contributed by atoms with Gasteiger partial charge in [-0.2, -0.15) is 0 Å². The van der Waals surface area contributed by atoms with E-state index in [4.69, 9.17) is 44.9 Å². The van der Waals surface area contributed by atoms with Crippen molar-refractivity contribution in [2.75, 3.05) is 0 Å². The van der Waals surface area contributed by atoms with Gasteiger partial charge < -0.3 is 0 Å². The van der Waals surface area contributed by atoms with E-state index in [1.807, 2.05) is 18.2 Å². The van der Waals surface area contributed by atoms with Gasteiger partial charge in [0.1, 0.15) is 0 Å². The molecule has 3 heterocycles. The highest BCUT2D eigenvalue weighted by Crippen LogP contribution is 2.39. The van der Waals surface area contributed by atoms with Gasteiger partial charge in [0.05, 0.1) is 0 Å². The summed E-state index contributed by atoms with van der Waals surface area (Å²) in [6.45, 7) is 0. The quantitative estimate of drug-likeness (QED) is 0.105. The number of aromatic nitrogens is 9. The van der Waals surface area contributed by atoms with Crippen LogP contribution in [0.2, 0.25) is 0 Å². The van der Waals surface area contributed by atoms with Crippen LogP contribution in [0.3, 0.4) is 0 Å². The van der Waals surface area contributed by atoms with Crippen LogP contribution in [0.25, 0.3) is 234 Å². The summed E-state index contributed by atoms with van der Waals surface area (Å²) in [5, 5.41) is 16.5. The maximum Gasteiger partial charge on any atom is 0.164 e. The van der Waals surface area contributed by atoms with Crippen molar-refractivity contribution in [1.29, 1.82) is 0 Å². The van der Waals surface area contributed by atoms with Crippen LogP contribution in [0, 0.1) is 0 Å². The fourth-order valence-electron chi connectivity index (χ4n) is 17.1. The molecule has 24 aromatic rings. The summed E-state index contributed by atoms with van der Waals surface area (Å²) in [5.74, 6) is 5.86. The number of hydrogen-bond donors (Lipinski definition) is 0. The van der Waals surface area contributed by atoms with E-state index in [1.165, 1.54) is 59.8 Å². The minimum Gasteiger partial charge on any atom is -0.208 e.